The topological polar surface area (TPSA) is 84.5 Å². The standard InChI is InChI=1S/C17H20N2O4S/c1-12-9-10-15(23-3)16(11-12)24(21,22)19-13(2)17(20)18-14-7-5-4-6-8-14/h4-11,13,19H,1-3H3,(H,18,20). The van der Waals surface area contributed by atoms with Crippen molar-refractivity contribution in [3.05, 3.63) is 54.1 Å². The molecular weight excluding hydrogens is 328 g/mol. The highest BCUT2D eigenvalue weighted by Crippen LogP contribution is 2.24. The van der Waals surface area contributed by atoms with E-state index in [1.807, 2.05) is 6.07 Å². The van der Waals surface area contributed by atoms with Crippen LogP contribution in [0.1, 0.15) is 12.5 Å². The summed E-state index contributed by atoms with van der Waals surface area (Å²) in [6.07, 6.45) is 0. The smallest absolute Gasteiger partial charge is 0.244 e. The third-order valence-corrected chi connectivity index (χ3v) is 4.94. The summed E-state index contributed by atoms with van der Waals surface area (Å²) in [4.78, 5) is 12.2. The average molecular weight is 348 g/mol. The average Bonchev–Trinajstić information content (AvgIpc) is 2.55. The fraction of sp³-hybridized carbons (Fsp3) is 0.235. The zero-order valence-corrected chi connectivity index (χ0v) is 14.6. The molecule has 24 heavy (non-hydrogen) atoms. The van der Waals surface area contributed by atoms with E-state index in [2.05, 4.69) is 10.0 Å². The molecule has 0 aliphatic rings. The number of para-hydroxylation sites is 1. The van der Waals surface area contributed by atoms with E-state index in [1.165, 1.54) is 20.1 Å². The highest BCUT2D eigenvalue weighted by atomic mass is 32.2. The van der Waals surface area contributed by atoms with Crippen molar-refractivity contribution in [2.24, 2.45) is 0 Å². The third-order valence-electron chi connectivity index (χ3n) is 3.38. The number of aryl methyl sites for hydroxylation is 1. The van der Waals surface area contributed by atoms with Crippen molar-refractivity contribution in [2.45, 2.75) is 24.8 Å². The Morgan fingerprint density at radius 3 is 2.42 bits per heavy atom. The summed E-state index contributed by atoms with van der Waals surface area (Å²) in [5.41, 5.74) is 1.37. The summed E-state index contributed by atoms with van der Waals surface area (Å²) in [6, 6.07) is 12.7. The molecule has 1 amide bonds. The van der Waals surface area contributed by atoms with Crippen LogP contribution in [0.5, 0.6) is 5.75 Å². The van der Waals surface area contributed by atoms with E-state index < -0.39 is 22.0 Å². The summed E-state index contributed by atoms with van der Waals surface area (Å²) in [6.45, 7) is 3.27. The first-order chi connectivity index (χ1) is 11.3. The van der Waals surface area contributed by atoms with Crippen LogP contribution in [-0.2, 0) is 14.8 Å². The minimum absolute atomic E-state index is 0.00404. The summed E-state index contributed by atoms with van der Waals surface area (Å²) >= 11 is 0. The number of amides is 1. The summed E-state index contributed by atoms with van der Waals surface area (Å²) < 4.78 is 32.6. The van der Waals surface area contributed by atoms with E-state index in [-0.39, 0.29) is 10.6 Å². The number of ether oxygens (including phenoxy) is 1. The fourth-order valence-electron chi connectivity index (χ4n) is 2.12. The molecule has 1 unspecified atom stereocenters. The highest BCUT2D eigenvalue weighted by molar-refractivity contribution is 7.89. The number of nitrogens with one attached hydrogen (secondary N) is 2. The predicted octanol–water partition coefficient (Wildman–Crippen LogP) is 2.31. The number of hydrogen-bond donors (Lipinski definition) is 2. The van der Waals surface area contributed by atoms with Gasteiger partial charge in [0.25, 0.3) is 0 Å². The molecule has 2 aromatic carbocycles. The van der Waals surface area contributed by atoms with Crippen LogP contribution < -0.4 is 14.8 Å². The van der Waals surface area contributed by atoms with Crippen LogP contribution in [-0.4, -0.2) is 27.5 Å². The molecule has 2 N–H and O–H groups in total. The number of carbonyl (C=O) groups is 1. The van der Waals surface area contributed by atoms with Gasteiger partial charge < -0.3 is 10.1 Å². The summed E-state index contributed by atoms with van der Waals surface area (Å²) in [5.74, 6) is -0.222. The summed E-state index contributed by atoms with van der Waals surface area (Å²) in [7, 11) is -2.50. The van der Waals surface area contributed by atoms with Gasteiger partial charge in [0.15, 0.2) is 0 Å². The lowest BCUT2D eigenvalue weighted by molar-refractivity contribution is -0.117. The molecule has 1 atom stereocenters. The lowest BCUT2D eigenvalue weighted by atomic mass is 10.2. The Balaban J connectivity index is 2.16. The molecule has 0 fully saturated rings. The van der Waals surface area contributed by atoms with Crippen molar-refractivity contribution >= 4 is 21.6 Å². The lowest BCUT2D eigenvalue weighted by Crippen LogP contribution is -2.41. The number of sulfonamides is 1. The molecule has 0 aliphatic carbocycles. The number of carbonyl (C=O) groups excluding carboxylic acids is 1. The van der Waals surface area contributed by atoms with E-state index in [9.17, 15) is 13.2 Å². The van der Waals surface area contributed by atoms with Gasteiger partial charge in [-0.15, -0.1) is 0 Å². The van der Waals surface area contributed by atoms with Gasteiger partial charge in [0.1, 0.15) is 10.6 Å². The van der Waals surface area contributed by atoms with Gasteiger partial charge in [0.05, 0.1) is 13.2 Å². The van der Waals surface area contributed by atoms with E-state index in [0.717, 1.165) is 5.56 Å². The van der Waals surface area contributed by atoms with Crippen LogP contribution in [0, 0.1) is 6.92 Å². The lowest BCUT2D eigenvalue weighted by Gasteiger charge is -2.16. The maximum absolute atomic E-state index is 12.6. The first-order valence-electron chi connectivity index (χ1n) is 7.36. The molecule has 2 rings (SSSR count). The normalized spacial score (nSPS) is 12.5. The summed E-state index contributed by atoms with van der Waals surface area (Å²) in [5, 5.41) is 2.66. The molecular formula is C17H20N2O4S. The Labute approximate surface area is 141 Å². The van der Waals surface area contributed by atoms with Crippen LogP contribution >= 0.6 is 0 Å². The monoisotopic (exact) mass is 348 g/mol. The Kier molecular flexibility index (Phi) is 5.58. The number of benzene rings is 2. The molecule has 0 bridgehead atoms. The van der Waals surface area contributed by atoms with E-state index >= 15 is 0 Å². The van der Waals surface area contributed by atoms with Gasteiger partial charge >= 0.3 is 0 Å². The second kappa shape index (κ2) is 7.46. The van der Waals surface area contributed by atoms with Gasteiger partial charge in [0.2, 0.25) is 15.9 Å². The minimum Gasteiger partial charge on any atom is -0.495 e. The van der Waals surface area contributed by atoms with Gasteiger partial charge in [-0.3, -0.25) is 4.79 Å². The van der Waals surface area contributed by atoms with Gasteiger partial charge in [-0.1, -0.05) is 24.3 Å². The molecule has 0 saturated heterocycles. The first-order valence-corrected chi connectivity index (χ1v) is 8.84. The van der Waals surface area contributed by atoms with Crippen molar-refractivity contribution in [1.29, 1.82) is 0 Å². The number of rotatable bonds is 6. The molecule has 0 heterocycles. The Bertz CT molecular complexity index is 820. The molecule has 2 aromatic rings. The van der Waals surface area contributed by atoms with Gasteiger partial charge in [-0.05, 0) is 43.7 Å². The highest BCUT2D eigenvalue weighted by Gasteiger charge is 2.25. The van der Waals surface area contributed by atoms with Crippen molar-refractivity contribution in [1.82, 2.24) is 4.72 Å². The minimum atomic E-state index is -3.90. The van der Waals surface area contributed by atoms with Crippen LogP contribution in [0.25, 0.3) is 0 Å². The Morgan fingerprint density at radius 2 is 1.79 bits per heavy atom. The molecule has 6 nitrogen and oxygen atoms in total. The van der Waals surface area contributed by atoms with Crippen molar-refractivity contribution < 1.29 is 17.9 Å². The quantitative estimate of drug-likeness (QED) is 0.839. The molecule has 0 radical (unpaired) electrons. The number of hydrogen-bond acceptors (Lipinski definition) is 4. The van der Waals surface area contributed by atoms with Crippen molar-refractivity contribution in [2.75, 3.05) is 12.4 Å². The van der Waals surface area contributed by atoms with E-state index in [1.54, 1.807) is 43.3 Å². The third kappa shape index (κ3) is 4.33. The van der Waals surface area contributed by atoms with Crippen molar-refractivity contribution in [3.8, 4) is 5.75 Å². The number of anilines is 1. The molecule has 0 aliphatic heterocycles. The van der Waals surface area contributed by atoms with Crippen LogP contribution in [0.3, 0.4) is 0 Å². The molecule has 0 spiro atoms. The van der Waals surface area contributed by atoms with Crippen LogP contribution in [0.15, 0.2) is 53.4 Å². The number of methoxy groups -OCH3 is 1. The second-order valence-electron chi connectivity index (χ2n) is 5.35. The van der Waals surface area contributed by atoms with Crippen molar-refractivity contribution in [3.63, 3.8) is 0 Å². The zero-order chi connectivity index (χ0) is 17.7. The molecule has 128 valence electrons. The van der Waals surface area contributed by atoms with Crippen LogP contribution in [0.4, 0.5) is 5.69 Å². The van der Waals surface area contributed by atoms with E-state index in [4.69, 9.17) is 4.74 Å². The zero-order valence-electron chi connectivity index (χ0n) is 13.7. The maximum Gasteiger partial charge on any atom is 0.244 e. The first kappa shape index (κ1) is 18.0. The van der Waals surface area contributed by atoms with Gasteiger partial charge in [-0.2, -0.15) is 4.72 Å². The Hall–Kier alpha value is -2.38. The largest absolute Gasteiger partial charge is 0.495 e. The SMILES string of the molecule is COc1ccc(C)cc1S(=O)(=O)NC(C)C(=O)Nc1ccccc1. The molecule has 0 aromatic heterocycles. The predicted molar refractivity (Wildman–Crippen MR) is 92.6 cm³/mol. The van der Waals surface area contributed by atoms with Gasteiger partial charge in [0, 0.05) is 5.69 Å². The van der Waals surface area contributed by atoms with Gasteiger partial charge in [-0.25, -0.2) is 8.42 Å². The molecule has 0 saturated carbocycles. The van der Waals surface area contributed by atoms with E-state index in [0.29, 0.717) is 5.69 Å². The van der Waals surface area contributed by atoms with Crippen LogP contribution in [0.2, 0.25) is 0 Å². The Morgan fingerprint density at radius 1 is 1.12 bits per heavy atom. The maximum atomic E-state index is 12.6. The second-order valence-corrected chi connectivity index (χ2v) is 7.03. The fourth-order valence-corrected chi connectivity index (χ4v) is 3.57. The molecule has 7 heteroatoms.